The minimum Gasteiger partial charge on any atom is -0.325 e. The molecule has 2 N–H and O–H groups in total. The van der Waals surface area contributed by atoms with Crippen molar-refractivity contribution in [1.82, 2.24) is 5.32 Å². The molecular weight excluding hydrogens is 283 g/mol. The van der Waals surface area contributed by atoms with Crippen molar-refractivity contribution in [2.75, 3.05) is 11.9 Å². The van der Waals surface area contributed by atoms with Crippen LogP contribution in [0.15, 0.2) is 48.5 Å². The number of hydrogen-bond acceptors (Lipinski definition) is 3. The fraction of sp³-hybridized carbons (Fsp3) is 0.176. The molecule has 0 aliphatic heterocycles. The predicted molar refractivity (Wildman–Crippen MR) is 83.2 cm³/mol. The molecule has 0 unspecified atom stereocenters. The Morgan fingerprint density at radius 3 is 2.36 bits per heavy atom. The van der Waals surface area contributed by atoms with Crippen LogP contribution in [0.1, 0.15) is 22.8 Å². The van der Waals surface area contributed by atoms with Crippen LogP contribution in [-0.4, -0.2) is 18.2 Å². The van der Waals surface area contributed by atoms with Gasteiger partial charge >= 0.3 is 0 Å². The zero-order valence-corrected chi connectivity index (χ0v) is 12.2. The van der Waals surface area contributed by atoms with E-state index in [2.05, 4.69) is 10.6 Å². The van der Waals surface area contributed by atoms with Crippen LogP contribution in [-0.2, 0) is 11.3 Å². The molecule has 0 radical (unpaired) electrons. The van der Waals surface area contributed by atoms with E-state index in [1.54, 1.807) is 42.5 Å². The fourth-order valence-electron chi connectivity index (χ4n) is 1.95. The van der Waals surface area contributed by atoms with Gasteiger partial charge in [-0.1, -0.05) is 18.2 Å². The van der Waals surface area contributed by atoms with Gasteiger partial charge in [0.15, 0.2) is 5.78 Å². The lowest BCUT2D eigenvalue weighted by atomic mass is 10.1. The molecule has 4 nitrogen and oxygen atoms in total. The Morgan fingerprint density at radius 1 is 1.05 bits per heavy atom. The molecule has 5 heteroatoms. The van der Waals surface area contributed by atoms with Crippen molar-refractivity contribution in [1.29, 1.82) is 0 Å². The van der Waals surface area contributed by atoms with Crippen LogP contribution in [0.4, 0.5) is 10.1 Å². The van der Waals surface area contributed by atoms with Gasteiger partial charge in [-0.3, -0.25) is 9.59 Å². The summed E-state index contributed by atoms with van der Waals surface area (Å²) in [7, 11) is 0. The number of nitrogens with one attached hydrogen (secondary N) is 2. The second kappa shape index (κ2) is 7.47. The van der Waals surface area contributed by atoms with Crippen molar-refractivity contribution in [3.8, 4) is 0 Å². The van der Waals surface area contributed by atoms with Crippen molar-refractivity contribution < 1.29 is 14.0 Å². The van der Waals surface area contributed by atoms with Crippen LogP contribution in [0.2, 0.25) is 0 Å². The summed E-state index contributed by atoms with van der Waals surface area (Å²) >= 11 is 0. The normalized spacial score (nSPS) is 10.3. The maximum Gasteiger partial charge on any atom is 0.238 e. The molecule has 22 heavy (non-hydrogen) atoms. The molecule has 2 aromatic rings. The molecule has 0 aliphatic carbocycles. The lowest BCUT2D eigenvalue weighted by Gasteiger charge is -2.08. The summed E-state index contributed by atoms with van der Waals surface area (Å²) in [5.41, 5.74) is 1.72. The first kappa shape index (κ1) is 15.9. The molecule has 0 atom stereocenters. The third-order valence-electron chi connectivity index (χ3n) is 3.13. The van der Waals surface area contributed by atoms with Gasteiger partial charge < -0.3 is 10.6 Å². The highest BCUT2D eigenvalue weighted by atomic mass is 19.1. The number of benzene rings is 2. The van der Waals surface area contributed by atoms with Gasteiger partial charge in [0.2, 0.25) is 5.91 Å². The minimum absolute atomic E-state index is 0.0237. The minimum atomic E-state index is -0.296. The number of rotatable bonds is 6. The fourth-order valence-corrected chi connectivity index (χ4v) is 1.95. The zero-order chi connectivity index (χ0) is 15.9. The Bertz CT molecular complexity index is 669. The Hall–Kier alpha value is -2.53. The molecule has 0 bridgehead atoms. The maximum atomic E-state index is 13.4. The molecular formula is C17H17FN2O2. The van der Waals surface area contributed by atoms with Gasteiger partial charge in [0.25, 0.3) is 0 Å². The van der Waals surface area contributed by atoms with Gasteiger partial charge in [0.05, 0.1) is 6.54 Å². The number of hydrogen-bond donors (Lipinski definition) is 2. The highest BCUT2D eigenvalue weighted by Crippen LogP contribution is 2.10. The molecule has 0 heterocycles. The average Bonchev–Trinajstić information content (AvgIpc) is 2.50. The first-order chi connectivity index (χ1) is 10.6. The number of halogens is 1. The highest BCUT2D eigenvalue weighted by Gasteiger charge is 2.05. The molecule has 0 saturated carbocycles. The molecule has 0 fully saturated rings. The summed E-state index contributed by atoms with van der Waals surface area (Å²) < 4.78 is 13.4. The van der Waals surface area contributed by atoms with E-state index in [9.17, 15) is 14.0 Å². The molecule has 0 aromatic heterocycles. The largest absolute Gasteiger partial charge is 0.325 e. The molecule has 2 aromatic carbocycles. The van der Waals surface area contributed by atoms with Crippen LogP contribution >= 0.6 is 0 Å². The van der Waals surface area contributed by atoms with E-state index in [0.717, 1.165) is 0 Å². The maximum absolute atomic E-state index is 13.4. The average molecular weight is 300 g/mol. The SMILES string of the molecule is CC(=O)c1ccc(NC(=O)CNCc2ccccc2F)cc1. The molecule has 0 saturated heterocycles. The number of amides is 1. The van der Waals surface area contributed by atoms with E-state index in [1.165, 1.54) is 13.0 Å². The molecule has 1 amide bonds. The summed E-state index contributed by atoms with van der Waals surface area (Å²) in [6.07, 6.45) is 0. The van der Waals surface area contributed by atoms with E-state index < -0.39 is 0 Å². The van der Waals surface area contributed by atoms with E-state index in [4.69, 9.17) is 0 Å². The van der Waals surface area contributed by atoms with Gasteiger partial charge in [-0.25, -0.2) is 4.39 Å². The lowest BCUT2D eigenvalue weighted by molar-refractivity contribution is -0.115. The number of anilines is 1. The second-order valence-corrected chi connectivity index (χ2v) is 4.88. The molecule has 0 spiro atoms. The van der Waals surface area contributed by atoms with Crippen LogP contribution < -0.4 is 10.6 Å². The highest BCUT2D eigenvalue weighted by molar-refractivity contribution is 5.96. The monoisotopic (exact) mass is 300 g/mol. The lowest BCUT2D eigenvalue weighted by Crippen LogP contribution is -2.28. The summed E-state index contributed by atoms with van der Waals surface area (Å²) in [4.78, 5) is 22.9. The third kappa shape index (κ3) is 4.49. The number of ketones is 1. The van der Waals surface area contributed by atoms with Crippen LogP contribution in [0.5, 0.6) is 0 Å². The van der Waals surface area contributed by atoms with Crippen molar-refractivity contribution in [2.45, 2.75) is 13.5 Å². The van der Waals surface area contributed by atoms with E-state index >= 15 is 0 Å². The summed E-state index contributed by atoms with van der Waals surface area (Å²) in [5, 5.41) is 5.59. The van der Waals surface area contributed by atoms with Crippen LogP contribution in [0.3, 0.4) is 0 Å². The predicted octanol–water partition coefficient (Wildman–Crippen LogP) is 2.76. The zero-order valence-electron chi connectivity index (χ0n) is 12.2. The first-order valence-electron chi connectivity index (χ1n) is 6.91. The van der Waals surface area contributed by atoms with E-state index in [1.807, 2.05) is 0 Å². The van der Waals surface area contributed by atoms with Gasteiger partial charge in [-0.2, -0.15) is 0 Å². The van der Waals surface area contributed by atoms with Crippen molar-refractivity contribution in [3.05, 3.63) is 65.5 Å². The van der Waals surface area contributed by atoms with Crippen LogP contribution in [0.25, 0.3) is 0 Å². The summed E-state index contributed by atoms with van der Waals surface area (Å²) in [6.45, 7) is 1.84. The van der Waals surface area contributed by atoms with Gasteiger partial charge in [0.1, 0.15) is 5.82 Å². The van der Waals surface area contributed by atoms with Crippen molar-refractivity contribution >= 4 is 17.4 Å². The Kier molecular flexibility index (Phi) is 5.38. The Labute approximate surface area is 128 Å². The summed E-state index contributed by atoms with van der Waals surface area (Å²) in [6, 6.07) is 13.1. The van der Waals surface area contributed by atoms with Crippen molar-refractivity contribution in [2.24, 2.45) is 0 Å². The Morgan fingerprint density at radius 2 is 1.73 bits per heavy atom. The van der Waals surface area contributed by atoms with E-state index in [0.29, 0.717) is 16.8 Å². The quantitative estimate of drug-likeness (QED) is 0.807. The standard InChI is InChI=1S/C17H17FN2O2/c1-12(21)13-6-8-15(9-7-13)20-17(22)11-19-10-14-4-2-3-5-16(14)18/h2-9,19H,10-11H2,1H3,(H,20,22). The third-order valence-corrected chi connectivity index (χ3v) is 3.13. The van der Waals surface area contributed by atoms with Crippen molar-refractivity contribution in [3.63, 3.8) is 0 Å². The van der Waals surface area contributed by atoms with E-state index in [-0.39, 0.29) is 30.6 Å². The van der Waals surface area contributed by atoms with Crippen LogP contribution in [0, 0.1) is 5.82 Å². The van der Waals surface area contributed by atoms with Gasteiger partial charge in [-0.15, -0.1) is 0 Å². The molecule has 0 aliphatic rings. The summed E-state index contributed by atoms with van der Waals surface area (Å²) in [5.74, 6) is -0.549. The van der Waals surface area contributed by atoms with Gasteiger partial charge in [-0.05, 0) is 37.3 Å². The smallest absolute Gasteiger partial charge is 0.238 e. The number of carbonyl (C=O) groups is 2. The van der Waals surface area contributed by atoms with Gasteiger partial charge in [0, 0.05) is 23.4 Å². The first-order valence-corrected chi connectivity index (χ1v) is 6.91. The number of carbonyl (C=O) groups excluding carboxylic acids is 2. The second-order valence-electron chi connectivity index (χ2n) is 4.88. The molecule has 2 rings (SSSR count). The molecule has 114 valence electrons. The Balaban J connectivity index is 1.80. The number of Topliss-reactive ketones (excluding diaryl/α,β-unsaturated/α-hetero) is 1. The topological polar surface area (TPSA) is 58.2 Å².